The molecule has 0 aromatic carbocycles. The van der Waals surface area contributed by atoms with Gasteiger partial charge in [0.2, 0.25) is 0 Å². The number of nitrogens with one attached hydrogen (secondary N) is 1. The van der Waals surface area contributed by atoms with Crippen molar-refractivity contribution in [3.63, 3.8) is 0 Å². The standard InChI is InChI=1S/C18H31N3O2/c1-17(2,3)20-11-9-18(10-12-20)15(22)21(16(23)19-18)13-14-7-5-4-6-8-14/h14H,4-13H2,1-3H3,(H,19,23). The first-order chi connectivity index (χ1) is 10.8. The van der Waals surface area contributed by atoms with Gasteiger partial charge in [0.15, 0.2) is 0 Å². The fourth-order valence-corrected chi connectivity index (χ4v) is 4.37. The summed E-state index contributed by atoms with van der Waals surface area (Å²) in [5.41, 5.74) is -0.511. The largest absolute Gasteiger partial charge is 0.325 e. The van der Waals surface area contributed by atoms with Crippen LogP contribution in [0.5, 0.6) is 0 Å². The molecule has 0 aromatic heterocycles. The summed E-state index contributed by atoms with van der Waals surface area (Å²) in [6, 6.07) is -0.162. The van der Waals surface area contributed by atoms with Gasteiger partial charge in [-0.1, -0.05) is 19.3 Å². The first-order valence-corrected chi connectivity index (χ1v) is 9.21. The summed E-state index contributed by atoms with van der Waals surface area (Å²) in [6.07, 6.45) is 7.54. The molecule has 2 aliphatic heterocycles. The molecule has 1 spiro atoms. The Morgan fingerprint density at radius 2 is 1.70 bits per heavy atom. The Morgan fingerprint density at radius 1 is 1.09 bits per heavy atom. The highest BCUT2D eigenvalue weighted by Crippen LogP contribution is 2.33. The van der Waals surface area contributed by atoms with Crippen LogP contribution >= 0.6 is 0 Å². The minimum absolute atomic E-state index is 0.0293. The van der Waals surface area contributed by atoms with Crippen molar-refractivity contribution in [1.29, 1.82) is 0 Å². The molecule has 2 saturated heterocycles. The number of rotatable bonds is 2. The van der Waals surface area contributed by atoms with Gasteiger partial charge in [0.05, 0.1) is 0 Å². The van der Waals surface area contributed by atoms with E-state index in [0.29, 0.717) is 12.5 Å². The van der Waals surface area contributed by atoms with Gasteiger partial charge in [-0.05, 0) is 52.4 Å². The quantitative estimate of drug-likeness (QED) is 0.796. The Balaban J connectivity index is 1.64. The summed E-state index contributed by atoms with van der Waals surface area (Å²) >= 11 is 0. The first kappa shape index (κ1) is 16.7. The Bertz CT molecular complexity index is 469. The smallest absolute Gasteiger partial charge is 0.323 e. The van der Waals surface area contributed by atoms with E-state index in [4.69, 9.17) is 0 Å². The molecule has 0 atom stereocenters. The highest BCUT2D eigenvalue weighted by atomic mass is 16.2. The molecule has 3 fully saturated rings. The lowest BCUT2D eigenvalue weighted by Gasteiger charge is -2.43. The van der Waals surface area contributed by atoms with Gasteiger partial charge < -0.3 is 5.32 Å². The van der Waals surface area contributed by atoms with Crippen LogP contribution in [0.15, 0.2) is 0 Å². The third-order valence-corrected chi connectivity index (χ3v) is 5.98. The van der Waals surface area contributed by atoms with Crippen molar-refractivity contribution in [3.05, 3.63) is 0 Å². The molecule has 0 aromatic rings. The molecule has 2 heterocycles. The zero-order valence-electron chi connectivity index (χ0n) is 14.9. The second-order valence-electron chi connectivity index (χ2n) is 8.59. The zero-order chi connectivity index (χ0) is 16.7. The maximum atomic E-state index is 12.9. The van der Waals surface area contributed by atoms with E-state index in [0.717, 1.165) is 38.8 Å². The number of hydrogen-bond donors (Lipinski definition) is 1. The molecule has 3 aliphatic rings. The topological polar surface area (TPSA) is 52.7 Å². The first-order valence-electron chi connectivity index (χ1n) is 9.21. The molecule has 130 valence electrons. The van der Waals surface area contributed by atoms with E-state index < -0.39 is 5.54 Å². The Kier molecular flexibility index (Phi) is 4.43. The lowest BCUT2D eigenvalue weighted by atomic mass is 9.85. The van der Waals surface area contributed by atoms with Crippen LogP contribution in [0, 0.1) is 5.92 Å². The third-order valence-electron chi connectivity index (χ3n) is 5.98. The van der Waals surface area contributed by atoms with Gasteiger partial charge in [-0.2, -0.15) is 0 Å². The van der Waals surface area contributed by atoms with Crippen LogP contribution < -0.4 is 5.32 Å². The lowest BCUT2D eigenvalue weighted by Crippen LogP contribution is -2.58. The molecule has 1 saturated carbocycles. The number of amides is 3. The SMILES string of the molecule is CC(C)(C)N1CCC2(CC1)NC(=O)N(CC1CCCCC1)C2=O. The molecule has 1 aliphatic carbocycles. The predicted molar refractivity (Wildman–Crippen MR) is 90.1 cm³/mol. The van der Waals surface area contributed by atoms with Crippen molar-refractivity contribution < 1.29 is 9.59 Å². The van der Waals surface area contributed by atoms with Gasteiger partial charge in [-0.3, -0.25) is 14.6 Å². The lowest BCUT2D eigenvalue weighted by molar-refractivity contribution is -0.134. The average molecular weight is 321 g/mol. The van der Waals surface area contributed by atoms with Crippen molar-refractivity contribution >= 4 is 11.9 Å². The fraction of sp³-hybridized carbons (Fsp3) is 0.889. The van der Waals surface area contributed by atoms with Gasteiger partial charge in [0.25, 0.3) is 5.91 Å². The Labute approximate surface area is 139 Å². The summed E-state index contributed by atoms with van der Waals surface area (Å²) < 4.78 is 0. The fourth-order valence-electron chi connectivity index (χ4n) is 4.37. The number of nitrogens with zero attached hydrogens (tertiary/aromatic N) is 2. The number of hydrogen-bond acceptors (Lipinski definition) is 3. The van der Waals surface area contributed by atoms with Crippen LogP contribution in [0.25, 0.3) is 0 Å². The van der Waals surface area contributed by atoms with E-state index in [-0.39, 0.29) is 17.5 Å². The van der Waals surface area contributed by atoms with Crippen LogP contribution in [0.1, 0.15) is 65.7 Å². The van der Waals surface area contributed by atoms with Crippen molar-refractivity contribution in [2.45, 2.75) is 76.8 Å². The average Bonchev–Trinajstić information content (AvgIpc) is 2.72. The van der Waals surface area contributed by atoms with Crippen molar-refractivity contribution in [2.75, 3.05) is 19.6 Å². The molecule has 0 radical (unpaired) electrons. The van der Waals surface area contributed by atoms with Gasteiger partial charge in [-0.25, -0.2) is 4.79 Å². The number of piperidine rings is 1. The van der Waals surface area contributed by atoms with Crippen LogP contribution in [0.4, 0.5) is 4.79 Å². The van der Waals surface area contributed by atoms with E-state index in [2.05, 4.69) is 31.0 Å². The number of urea groups is 1. The molecule has 3 rings (SSSR count). The van der Waals surface area contributed by atoms with Crippen LogP contribution in [0.3, 0.4) is 0 Å². The van der Waals surface area contributed by atoms with E-state index in [1.807, 2.05) is 0 Å². The van der Waals surface area contributed by atoms with Gasteiger partial charge in [-0.15, -0.1) is 0 Å². The number of imide groups is 1. The van der Waals surface area contributed by atoms with Crippen molar-refractivity contribution in [2.24, 2.45) is 5.92 Å². The third kappa shape index (κ3) is 3.25. The summed E-state index contributed by atoms with van der Waals surface area (Å²) in [5.74, 6) is 0.532. The van der Waals surface area contributed by atoms with Crippen LogP contribution in [-0.2, 0) is 4.79 Å². The Morgan fingerprint density at radius 3 is 2.26 bits per heavy atom. The summed E-state index contributed by atoms with van der Waals surface area (Å²) in [7, 11) is 0. The highest BCUT2D eigenvalue weighted by Gasteiger charge is 2.53. The molecule has 0 bridgehead atoms. The zero-order valence-corrected chi connectivity index (χ0v) is 14.9. The second-order valence-corrected chi connectivity index (χ2v) is 8.59. The molecule has 5 nitrogen and oxygen atoms in total. The number of carbonyl (C=O) groups is 2. The molecule has 3 amide bonds. The summed E-state index contributed by atoms with van der Waals surface area (Å²) in [6.45, 7) is 8.97. The minimum atomic E-state index is -0.631. The van der Waals surface area contributed by atoms with E-state index >= 15 is 0 Å². The summed E-state index contributed by atoms with van der Waals surface area (Å²) in [4.78, 5) is 29.3. The molecular formula is C18H31N3O2. The normalized spacial score (nSPS) is 26.8. The maximum Gasteiger partial charge on any atom is 0.325 e. The minimum Gasteiger partial charge on any atom is -0.323 e. The van der Waals surface area contributed by atoms with Crippen molar-refractivity contribution in [3.8, 4) is 0 Å². The molecular weight excluding hydrogens is 290 g/mol. The van der Waals surface area contributed by atoms with Gasteiger partial charge >= 0.3 is 6.03 Å². The highest BCUT2D eigenvalue weighted by molar-refractivity contribution is 6.07. The maximum absolute atomic E-state index is 12.9. The molecule has 23 heavy (non-hydrogen) atoms. The number of likely N-dealkylation sites (tertiary alicyclic amines) is 1. The van der Waals surface area contributed by atoms with E-state index in [1.54, 1.807) is 0 Å². The Hall–Kier alpha value is -1.10. The van der Waals surface area contributed by atoms with E-state index in [9.17, 15) is 9.59 Å². The monoisotopic (exact) mass is 321 g/mol. The second kappa shape index (κ2) is 6.08. The van der Waals surface area contributed by atoms with Crippen LogP contribution in [0.2, 0.25) is 0 Å². The summed E-state index contributed by atoms with van der Waals surface area (Å²) in [5, 5.41) is 3.04. The van der Waals surface area contributed by atoms with Gasteiger partial charge in [0.1, 0.15) is 5.54 Å². The van der Waals surface area contributed by atoms with Gasteiger partial charge in [0, 0.05) is 25.2 Å². The number of carbonyl (C=O) groups excluding carboxylic acids is 2. The predicted octanol–water partition coefficient (Wildman–Crippen LogP) is 2.75. The van der Waals surface area contributed by atoms with E-state index in [1.165, 1.54) is 24.2 Å². The molecule has 0 unspecified atom stereocenters. The molecule has 5 heteroatoms. The molecule has 1 N–H and O–H groups in total. The van der Waals surface area contributed by atoms with Crippen LogP contribution in [-0.4, -0.2) is 52.5 Å². The van der Waals surface area contributed by atoms with Crippen molar-refractivity contribution in [1.82, 2.24) is 15.1 Å².